The lowest BCUT2D eigenvalue weighted by atomic mass is 9.95. The molecule has 3 aromatic heterocycles. The fraction of sp³-hybridized carbons (Fsp3) is 0.344. The van der Waals surface area contributed by atoms with Crippen LogP contribution in [-0.2, 0) is 9.53 Å². The smallest absolute Gasteiger partial charge is 0.338 e. The molecule has 0 amide bonds. The van der Waals surface area contributed by atoms with E-state index in [0.717, 1.165) is 16.0 Å². The Labute approximate surface area is 241 Å². The van der Waals surface area contributed by atoms with E-state index in [1.165, 1.54) is 66.2 Å². The van der Waals surface area contributed by atoms with Gasteiger partial charge in [0.15, 0.2) is 4.80 Å². The Morgan fingerprint density at radius 1 is 1.07 bits per heavy atom. The number of thiophene rings is 1. The third kappa shape index (κ3) is 4.73. The predicted molar refractivity (Wildman–Crippen MR) is 161 cm³/mol. The van der Waals surface area contributed by atoms with E-state index < -0.39 is 12.0 Å². The van der Waals surface area contributed by atoms with Gasteiger partial charge in [-0.2, -0.15) is 0 Å². The Bertz CT molecular complexity index is 1750. The summed E-state index contributed by atoms with van der Waals surface area (Å²) in [6.07, 6.45) is 8.27. The summed E-state index contributed by atoms with van der Waals surface area (Å²) in [4.78, 5) is 34.0. The van der Waals surface area contributed by atoms with Crippen molar-refractivity contribution in [2.75, 3.05) is 6.61 Å². The molecule has 4 heterocycles. The van der Waals surface area contributed by atoms with E-state index in [1.54, 1.807) is 11.5 Å². The molecule has 0 saturated heterocycles. The van der Waals surface area contributed by atoms with Crippen molar-refractivity contribution >= 4 is 40.4 Å². The third-order valence-electron chi connectivity index (χ3n) is 7.94. The van der Waals surface area contributed by atoms with E-state index in [1.807, 2.05) is 53.9 Å². The zero-order valence-electron chi connectivity index (χ0n) is 23.1. The Morgan fingerprint density at radius 3 is 2.55 bits per heavy atom. The van der Waals surface area contributed by atoms with E-state index in [-0.39, 0.29) is 12.2 Å². The maximum absolute atomic E-state index is 14.1. The second-order valence-electron chi connectivity index (χ2n) is 10.4. The van der Waals surface area contributed by atoms with Gasteiger partial charge in [-0.1, -0.05) is 67.0 Å². The number of ether oxygens (including phenoxy) is 1. The highest BCUT2D eigenvalue weighted by Crippen LogP contribution is 2.37. The average Bonchev–Trinajstić information content (AvgIpc) is 3.68. The number of esters is 1. The fourth-order valence-corrected chi connectivity index (χ4v) is 7.96. The SMILES string of the molecule is CCOC(=O)C1=C(c2ccccc2)N=c2s/c(=C\c3cc(C)n(C4CCCCC4)c3C)c(=O)n2C1c1cccs1. The lowest BCUT2D eigenvalue weighted by Gasteiger charge is -2.26. The number of carbonyl (C=O) groups is 1. The summed E-state index contributed by atoms with van der Waals surface area (Å²) in [5, 5.41) is 1.97. The number of fused-ring (bicyclic) bond motifs is 1. The first-order valence-corrected chi connectivity index (χ1v) is 15.7. The molecule has 1 aliphatic heterocycles. The van der Waals surface area contributed by atoms with Gasteiger partial charge in [-0.05, 0) is 62.8 Å². The van der Waals surface area contributed by atoms with Gasteiger partial charge in [-0.3, -0.25) is 9.36 Å². The molecular formula is C32H33N3O3S2. The minimum atomic E-state index is -0.609. The summed E-state index contributed by atoms with van der Waals surface area (Å²) in [6.45, 7) is 6.35. The number of benzene rings is 1. The molecule has 6 rings (SSSR count). The van der Waals surface area contributed by atoms with Crippen LogP contribution in [-0.4, -0.2) is 21.7 Å². The molecular weight excluding hydrogens is 539 g/mol. The van der Waals surface area contributed by atoms with Crippen LogP contribution in [0.15, 0.2) is 69.3 Å². The van der Waals surface area contributed by atoms with Crippen LogP contribution in [0.5, 0.6) is 0 Å². The summed E-state index contributed by atoms with van der Waals surface area (Å²) >= 11 is 2.90. The molecule has 40 heavy (non-hydrogen) atoms. The molecule has 1 aliphatic carbocycles. The summed E-state index contributed by atoms with van der Waals surface area (Å²) in [6, 6.07) is 15.7. The van der Waals surface area contributed by atoms with Crippen LogP contribution >= 0.6 is 22.7 Å². The first-order valence-electron chi connectivity index (χ1n) is 14.0. The molecule has 0 bridgehead atoms. The van der Waals surface area contributed by atoms with Crippen LogP contribution in [0.1, 0.15) is 78.5 Å². The van der Waals surface area contributed by atoms with E-state index >= 15 is 0 Å². The minimum absolute atomic E-state index is 0.140. The Kier molecular flexibility index (Phi) is 7.47. The molecule has 2 aliphatic rings. The van der Waals surface area contributed by atoms with Crippen LogP contribution < -0.4 is 14.9 Å². The highest BCUT2D eigenvalue weighted by Gasteiger charge is 2.35. The summed E-state index contributed by atoms with van der Waals surface area (Å²) < 4.78 is 10.3. The number of rotatable bonds is 6. The Morgan fingerprint density at radius 2 is 1.85 bits per heavy atom. The summed E-state index contributed by atoms with van der Waals surface area (Å²) in [7, 11) is 0. The van der Waals surface area contributed by atoms with Gasteiger partial charge in [-0.15, -0.1) is 11.3 Å². The van der Waals surface area contributed by atoms with Crippen molar-refractivity contribution in [3.63, 3.8) is 0 Å². The van der Waals surface area contributed by atoms with Crippen LogP contribution in [0.3, 0.4) is 0 Å². The van der Waals surface area contributed by atoms with Gasteiger partial charge in [0.1, 0.15) is 6.04 Å². The van der Waals surface area contributed by atoms with Crippen LogP contribution in [0.2, 0.25) is 0 Å². The highest BCUT2D eigenvalue weighted by molar-refractivity contribution is 7.10. The van der Waals surface area contributed by atoms with Crippen LogP contribution in [0, 0.1) is 13.8 Å². The average molecular weight is 572 g/mol. The molecule has 0 N–H and O–H groups in total. The number of thiazole rings is 1. The molecule has 0 spiro atoms. The zero-order chi connectivity index (χ0) is 27.8. The number of hydrogen-bond donors (Lipinski definition) is 0. The molecule has 6 nitrogen and oxygen atoms in total. The van der Waals surface area contributed by atoms with Gasteiger partial charge < -0.3 is 9.30 Å². The van der Waals surface area contributed by atoms with E-state index in [9.17, 15) is 9.59 Å². The monoisotopic (exact) mass is 571 g/mol. The molecule has 1 fully saturated rings. The van der Waals surface area contributed by atoms with Crippen LogP contribution in [0.25, 0.3) is 11.8 Å². The van der Waals surface area contributed by atoms with Crippen molar-refractivity contribution in [2.24, 2.45) is 4.99 Å². The second kappa shape index (κ2) is 11.2. The number of aryl methyl sites for hydroxylation is 1. The zero-order valence-corrected chi connectivity index (χ0v) is 24.7. The van der Waals surface area contributed by atoms with Crippen LogP contribution in [0.4, 0.5) is 0 Å². The maximum atomic E-state index is 14.1. The molecule has 1 saturated carbocycles. The van der Waals surface area contributed by atoms with Gasteiger partial charge in [0.25, 0.3) is 5.56 Å². The molecule has 1 atom stereocenters. The molecule has 206 valence electrons. The van der Waals surface area contributed by atoms with Crippen molar-refractivity contribution in [2.45, 2.75) is 65.0 Å². The van der Waals surface area contributed by atoms with Crippen molar-refractivity contribution < 1.29 is 9.53 Å². The largest absolute Gasteiger partial charge is 0.463 e. The standard InChI is InChI=1S/C32H33N3O3S2/c1-4-38-31(37)27-28(22-12-7-5-8-13-22)33-32-35(29(27)25-16-11-17-39-25)30(36)26(40-32)19-23-18-20(2)34(21(23)3)24-14-9-6-10-15-24/h5,7-8,11-13,16-19,24,29H,4,6,9-10,14-15H2,1-3H3/b26-19-. The normalized spacial score (nSPS) is 18.1. The Balaban J connectivity index is 1.56. The van der Waals surface area contributed by atoms with Crippen molar-refractivity contribution in [1.82, 2.24) is 9.13 Å². The number of hydrogen-bond acceptors (Lipinski definition) is 6. The summed E-state index contributed by atoms with van der Waals surface area (Å²) in [5.41, 5.74) is 5.12. The van der Waals surface area contributed by atoms with E-state index in [0.29, 0.717) is 26.6 Å². The number of carbonyl (C=O) groups excluding carboxylic acids is 1. The molecule has 0 radical (unpaired) electrons. The van der Waals surface area contributed by atoms with Gasteiger partial charge in [0, 0.05) is 27.9 Å². The lowest BCUT2D eigenvalue weighted by molar-refractivity contribution is -0.138. The molecule has 4 aromatic rings. The quantitative estimate of drug-likeness (QED) is 0.270. The summed E-state index contributed by atoms with van der Waals surface area (Å²) in [5.74, 6) is -0.450. The van der Waals surface area contributed by atoms with Crippen molar-refractivity contribution in [3.8, 4) is 0 Å². The highest BCUT2D eigenvalue weighted by atomic mass is 32.1. The van der Waals surface area contributed by atoms with E-state index in [4.69, 9.17) is 9.73 Å². The molecule has 8 heteroatoms. The Hall–Kier alpha value is -3.49. The van der Waals surface area contributed by atoms with Gasteiger partial charge in [0.2, 0.25) is 0 Å². The number of nitrogens with zero attached hydrogens (tertiary/aromatic N) is 3. The van der Waals surface area contributed by atoms with Gasteiger partial charge >= 0.3 is 5.97 Å². The first kappa shape index (κ1) is 26.7. The topological polar surface area (TPSA) is 65.6 Å². The third-order valence-corrected chi connectivity index (χ3v) is 9.84. The minimum Gasteiger partial charge on any atom is -0.463 e. The van der Waals surface area contributed by atoms with Crippen molar-refractivity contribution in [3.05, 3.63) is 107 Å². The van der Waals surface area contributed by atoms with Gasteiger partial charge in [0.05, 0.1) is 22.4 Å². The fourth-order valence-electron chi connectivity index (χ4n) is 6.15. The second-order valence-corrected chi connectivity index (χ2v) is 12.4. The van der Waals surface area contributed by atoms with Crippen molar-refractivity contribution in [1.29, 1.82) is 0 Å². The first-order chi connectivity index (χ1) is 19.5. The van der Waals surface area contributed by atoms with Gasteiger partial charge in [-0.25, -0.2) is 9.79 Å². The molecule has 1 aromatic carbocycles. The lowest BCUT2D eigenvalue weighted by Crippen LogP contribution is -2.39. The van der Waals surface area contributed by atoms with E-state index in [2.05, 4.69) is 24.5 Å². The number of aromatic nitrogens is 2. The molecule has 1 unspecified atom stereocenters. The predicted octanol–water partition coefficient (Wildman–Crippen LogP) is 5.92. The maximum Gasteiger partial charge on any atom is 0.338 e.